The average molecular weight is 534 g/mol. The maximum absolute atomic E-state index is 15.0. The Morgan fingerprint density at radius 3 is 2.72 bits per heavy atom. The van der Waals surface area contributed by atoms with E-state index in [0.29, 0.717) is 59.4 Å². The quantitative estimate of drug-likeness (QED) is 0.390. The summed E-state index contributed by atoms with van der Waals surface area (Å²) in [6.07, 6.45) is 1.81. The Hall–Kier alpha value is -3.59. The highest BCUT2D eigenvalue weighted by atomic mass is 19.1. The van der Waals surface area contributed by atoms with E-state index >= 15 is 4.39 Å². The number of carbonyl (C=O) groups excluding carboxylic acids is 2. The molecule has 0 radical (unpaired) electrons. The Morgan fingerprint density at radius 2 is 2.00 bits per heavy atom. The van der Waals surface area contributed by atoms with E-state index in [2.05, 4.69) is 5.32 Å². The molecular weight excluding hydrogens is 501 g/mol. The summed E-state index contributed by atoms with van der Waals surface area (Å²) in [6, 6.07) is 3.14. The Bertz CT molecular complexity index is 1640. The van der Waals surface area contributed by atoms with Crippen molar-refractivity contribution < 1.29 is 23.5 Å². The number of hydrogen-bond donors (Lipinski definition) is 1. The molecule has 1 N–H and O–H groups in total. The molecule has 0 saturated carbocycles. The lowest BCUT2D eigenvalue weighted by Crippen LogP contribution is -2.35. The Kier molecular flexibility index (Phi) is 5.91. The van der Waals surface area contributed by atoms with Gasteiger partial charge in [-0.25, -0.2) is 9.37 Å². The van der Waals surface area contributed by atoms with Crippen molar-refractivity contribution in [2.75, 3.05) is 6.54 Å². The largest absolute Gasteiger partial charge is 0.460 e. The van der Waals surface area contributed by atoms with E-state index in [9.17, 15) is 14.4 Å². The van der Waals surface area contributed by atoms with Gasteiger partial charge in [-0.15, -0.1) is 0 Å². The van der Waals surface area contributed by atoms with E-state index < -0.39 is 11.5 Å². The molecule has 3 aliphatic rings. The smallest absolute Gasteiger partial charge is 0.320 e. The van der Waals surface area contributed by atoms with Crippen molar-refractivity contribution in [1.29, 1.82) is 0 Å². The predicted octanol–water partition coefficient (Wildman–Crippen LogP) is 4.34. The molecule has 0 bridgehead atoms. The Morgan fingerprint density at radius 1 is 1.23 bits per heavy atom. The molecule has 8 nitrogen and oxygen atoms in total. The first-order chi connectivity index (χ1) is 18.5. The number of carbonyl (C=O) groups is 2. The van der Waals surface area contributed by atoms with Crippen LogP contribution >= 0.6 is 0 Å². The minimum absolute atomic E-state index is 0.0227. The van der Waals surface area contributed by atoms with E-state index in [1.54, 1.807) is 11.5 Å². The average Bonchev–Trinajstić information content (AvgIpc) is 3.23. The number of ether oxygens (including phenoxy) is 2. The van der Waals surface area contributed by atoms with Crippen molar-refractivity contribution in [3.05, 3.63) is 61.7 Å². The number of fused-ring (bicyclic) bond motifs is 5. The zero-order valence-electron chi connectivity index (χ0n) is 22.9. The second-order valence-electron chi connectivity index (χ2n) is 11.7. The van der Waals surface area contributed by atoms with Crippen LogP contribution in [0.4, 0.5) is 4.39 Å². The summed E-state index contributed by atoms with van der Waals surface area (Å²) in [7, 11) is 0. The minimum atomic E-state index is -0.596. The van der Waals surface area contributed by atoms with Crippen molar-refractivity contribution in [2.45, 2.75) is 84.6 Å². The molecule has 0 fully saturated rings. The van der Waals surface area contributed by atoms with Crippen molar-refractivity contribution in [1.82, 2.24) is 14.9 Å². The van der Waals surface area contributed by atoms with Gasteiger partial charge in [0.05, 0.1) is 41.5 Å². The summed E-state index contributed by atoms with van der Waals surface area (Å²) < 4.78 is 27.5. The fourth-order valence-corrected chi connectivity index (χ4v) is 6.36. The lowest BCUT2D eigenvalue weighted by Gasteiger charge is -2.30. The van der Waals surface area contributed by atoms with E-state index in [-0.39, 0.29) is 42.5 Å². The molecule has 4 heterocycles. The number of nitrogens with one attached hydrogen (secondary N) is 1. The summed E-state index contributed by atoms with van der Waals surface area (Å²) in [5, 5.41) is 4.26. The van der Waals surface area contributed by atoms with Gasteiger partial charge in [0.15, 0.2) is 0 Å². The highest BCUT2D eigenvalue weighted by Crippen LogP contribution is 2.45. The van der Waals surface area contributed by atoms with Crippen molar-refractivity contribution >= 4 is 22.8 Å². The maximum atomic E-state index is 15.0. The molecule has 2 unspecified atom stereocenters. The van der Waals surface area contributed by atoms with Crippen LogP contribution in [-0.2, 0) is 38.6 Å². The number of cyclic esters (lactones) is 1. The molecule has 6 rings (SSSR count). The molecule has 0 spiro atoms. The van der Waals surface area contributed by atoms with Gasteiger partial charge in [0, 0.05) is 23.1 Å². The third kappa shape index (κ3) is 4.06. The van der Waals surface area contributed by atoms with E-state index in [1.165, 1.54) is 6.07 Å². The standard InChI is InChI=1S/C30H32FN3O5/c1-6-15-17-9-23-27-18(12-34(23)28(36)19(17)13-38-29(15)37)26-21(32-11-24(35)39-30(3,4)5)8-7-16-14(2)20(31)10-22(33-27)25(16)26/h9-10,15,21,32H,6-8,11-13H2,1-5H3. The maximum Gasteiger partial charge on any atom is 0.320 e. The summed E-state index contributed by atoms with van der Waals surface area (Å²) in [5.41, 5.74) is 5.50. The van der Waals surface area contributed by atoms with Gasteiger partial charge in [-0.05, 0) is 75.3 Å². The van der Waals surface area contributed by atoms with E-state index in [1.807, 2.05) is 33.8 Å². The topological polar surface area (TPSA) is 99.5 Å². The number of pyridine rings is 2. The Labute approximate surface area is 225 Å². The molecule has 1 aliphatic carbocycles. The summed E-state index contributed by atoms with van der Waals surface area (Å²) in [4.78, 5) is 43.6. The molecule has 0 amide bonds. The van der Waals surface area contributed by atoms with Gasteiger partial charge in [0.25, 0.3) is 5.56 Å². The molecule has 39 heavy (non-hydrogen) atoms. The fraction of sp³-hybridized carbons (Fsp3) is 0.467. The minimum Gasteiger partial charge on any atom is -0.460 e. The molecule has 1 aromatic carbocycles. The van der Waals surface area contributed by atoms with Gasteiger partial charge in [0.1, 0.15) is 18.0 Å². The number of benzene rings is 1. The number of nitrogens with zero attached hydrogens (tertiary/aromatic N) is 2. The second kappa shape index (κ2) is 8.98. The van der Waals surface area contributed by atoms with Crippen LogP contribution in [0.25, 0.3) is 22.3 Å². The highest BCUT2D eigenvalue weighted by molar-refractivity contribution is 5.93. The second-order valence-corrected chi connectivity index (χ2v) is 11.7. The number of rotatable bonds is 4. The zero-order valence-corrected chi connectivity index (χ0v) is 22.9. The van der Waals surface area contributed by atoms with Gasteiger partial charge in [-0.3, -0.25) is 19.7 Å². The normalized spacial score (nSPS) is 19.4. The van der Waals surface area contributed by atoms with Crippen LogP contribution in [0, 0.1) is 12.7 Å². The first kappa shape index (κ1) is 25.7. The predicted molar refractivity (Wildman–Crippen MR) is 143 cm³/mol. The van der Waals surface area contributed by atoms with Crippen molar-refractivity contribution in [3.63, 3.8) is 0 Å². The first-order valence-electron chi connectivity index (χ1n) is 13.5. The van der Waals surface area contributed by atoms with Crippen LogP contribution in [0.15, 0.2) is 16.9 Å². The summed E-state index contributed by atoms with van der Waals surface area (Å²) in [6.45, 7) is 9.44. The number of hydrogen-bond acceptors (Lipinski definition) is 7. The van der Waals surface area contributed by atoms with Crippen LogP contribution in [0.3, 0.4) is 0 Å². The van der Waals surface area contributed by atoms with Crippen molar-refractivity contribution in [3.8, 4) is 11.4 Å². The third-order valence-corrected chi connectivity index (χ3v) is 8.11. The van der Waals surface area contributed by atoms with Crippen molar-refractivity contribution in [2.24, 2.45) is 0 Å². The van der Waals surface area contributed by atoms with E-state index in [0.717, 1.165) is 22.1 Å². The van der Waals surface area contributed by atoms with Crippen LogP contribution in [0.2, 0.25) is 0 Å². The fourth-order valence-electron chi connectivity index (χ4n) is 6.36. The molecular formula is C30H32FN3O5. The number of esters is 2. The molecule has 2 aromatic heterocycles. The van der Waals surface area contributed by atoms with E-state index in [4.69, 9.17) is 14.5 Å². The Balaban J connectivity index is 1.52. The molecule has 9 heteroatoms. The molecule has 2 aliphatic heterocycles. The number of halogens is 1. The van der Waals surface area contributed by atoms with Crippen LogP contribution in [0.5, 0.6) is 0 Å². The molecule has 0 saturated heterocycles. The van der Waals surface area contributed by atoms with Crippen LogP contribution in [-0.4, -0.2) is 33.6 Å². The molecule has 204 valence electrons. The summed E-state index contributed by atoms with van der Waals surface area (Å²) >= 11 is 0. The van der Waals surface area contributed by atoms with Gasteiger partial charge in [-0.1, -0.05) is 6.92 Å². The van der Waals surface area contributed by atoms with Gasteiger partial charge in [0.2, 0.25) is 0 Å². The highest BCUT2D eigenvalue weighted by Gasteiger charge is 2.37. The van der Waals surface area contributed by atoms with Crippen LogP contribution in [0.1, 0.15) is 85.9 Å². The monoisotopic (exact) mass is 533 g/mol. The number of aryl methyl sites for hydroxylation is 1. The van der Waals surface area contributed by atoms with Crippen LogP contribution < -0.4 is 10.9 Å². The molecule has 3 aromatic rings. The SMILES string of the molecule is CCC1C(=O)OCc2c1cc1n(c2=O)Cc2c-1nc1cc(F)c(C)c3c1c2C(NCC(=O)OC(C)(C)C)CC3. The lowest BCUT2D eigenvalue weighted by atomic mass is 9.81. The lowest BCUT2D eigenvalue weighted by molar-refractivity contribution is -0.153. The van der Waals surface area contributed by atoms with Gasteiger partial charge >= 0.3 is 11.9 Å². The number of aromatic nitrogens is 2. The van der Waals surface area contributed by atoms with Gasteiger partial charge < -0.3 is 14.0 Å². The molecule has 2 atom stereocenters. The zero-order chi connectivity index (χ0) is 27.8. The first-order valence-corrected chi connectivity index (χ1v) is 13.5. The third-order valence-electron chi connectivity index (χ3n) is 8.11. The summed E-state index contributed by atoms with van der Waals surface area (Å²) in [5.74, 6) is -1.51. The van der Waals surface area contributed by atoms with Gasteiger partial charge in [-0.2, -0.15) is 0 Å².